The molecule has 1 fully saturated rings. The van der Waals surface area contributed by atoms with Crippen LogP contribution in [0.1, 0.15) is 19.3 Å². The zero-order chi connectivity index (χ0) is 20.7. The number of pyridine rings is 1. The highest BCUT2D eigenvalue weighted by atomic mass is 16.5. The first-order valence-corrected chi connectivity index (χ1v) is 9.78. The second-order valence-corrected chi connectivity index (χ2v) is 7.27. The van der Waals surface area contributed by atoms with Crippen LogP contribution >= 0.6 is 0 Å². The second-order valence-electron chi connectivity index (χ2n) is 7.27. The van der Waals surface area contributed by atoms with Crippen LogP contribution in [0.25, 0.3) is 22.6 Å². The third kappa shape index (κ3) is 3.30. The predicted molar refractivity (Wildman–Crippen MR) is 111 cm³/mol. The summed E-state index contributed by atoms with van der Waals surface area (Å²) in [7, 11) is 5.29. The molecule has 10 heteroatoms. The lowest BCUT2D eigenvalue weighted by molar-refractivity contribution is 0.122. The Bertz CT molecular complexity index is 1210. The SMILES string of the molecule is COc1ccnc(-c2cc(Nc3cc(OC4CCC4)c4cnn(C)c4n3)n(C)n2)n1. The number of fused-ring (bicyclic) bond motifs is 1. The largest absolute Gasteiger partial charge is 0.489 e. The lowest BCUT2D eigenvalue weighted by Gasteiger charge is -2.26. The molecule has 0 radical (unpaired) electrons. The molecule has 4 aromatic rings. The van der Waals surface area contributed by atoms with Gasteiger partial charge in [0.2, 0.25) is 5.88 Å². The van der Waals surface area contributed by atoms with E-state index >= 15 is 0 Å². The molecule has 0 aromatic carbocycles. The van der Waals surface area contributed by atoms with Crippen molar-refractivity contribution < 1.29 is 9.47 Å². The van der Waals surface area contributed by atoms with E-state index in [1.54, 1.807) is 34.9 Å². The van der Waals surface area contributed by atoms with E-state index in [1.807, 2.05) is 26.2 Å². The van der Waals surface area contributed by atoms with Crippen molar-refractivity contribution in [2.75, 3.05) is 12.4 Å². The van der Waals surface area contributed by atoms with E-state index in [0.717, 1.165) is 35.4 Å². The molecule has 1 saturated carbocycles. The molecule has 1 aliphatic rings. The number of ether oxygens (including phenoxy) is 2. The van der Waals surface area contributed by atoms with Gasteiger partial charge in [-0.3, -0.25) is 9.36 Å². The maximum Gasteiger partial charge on any atom is 0.216 e. The first-order valence-electron chi connectivity index (χ1n) is 9.78. The summed E-state index contributed by atoms with van der Waals surface area (Å²) >= 11 is 0. The van der Waals surface area contributed by atoms with Gasteiger partial charge in [0, 0.05) is 38.5 Å². The average molecular weight is 406 g/mol. The Balaban J connectivity index is 1.48. The van der Waals surface area contributed by atoms with Gasteiger partial charge < -0.3 is 14.8 Å². The van der Waals surface area contributed by atoms with Crippen molar-refractivity contribution >= 4 is 22.7 Å². The molecule has 0 amide bonds. The van der Waals surface area contributed by atoms with Crippen LogP contribution in [-0.2, 0) is 14.1 Å². The van der Waals surface area contributed by atoms with Crippen molar-refractivity contribution in [1.82, 2.24) is 34.5 Å². The maximum absolute atomic E-state index is 6.20. The first-order chi connectivity index (χ1) is 14.6. The van der Waals surface area contributed by atoms with E-state index in [2.05, 4.69) is 25.5 Å². The number of hydrogen-bond donors (Lipinski definition) is 1. The quantitative estimate of drug-likeness (QED) is 0.521. The third-order valence-corrected chi connectivity index (χ3v) is 5.22. The van der Waals surface area contributed by atoms with E-state index in [-0.39, 0.29) is 6.10 Å². The fourth-order valence-electron chi connectivity index (χ4n) is 3.32. The van der Waals surface area contributed by atoms with Crippen LogP contribution in [0.3, 0.4) is 0 Å². The van der Waals surface area contributed by atoms with Gasteiger partial charge in [-0.05, 0) is 19.3 Å². The minimum absolute atomic E-state index is 0.261. The molecule has 0 unspecified atom stereocenters. The van der Waals surface area contributed by atoms with Gasteiger partial charge >= 0.3 is 0 Å². The van der Waals surface area contributed by atoms with E-state index in [4.69, 9.17) is 14.5 Å². The Kier molecular flexibility index (Phi) is 4.46. The summed E-state index contributed by atoms with van der Waals surface area (Å²) in [5, 5.41) is 13.1. The molecular weight excluding hydrogens is 384 g/mol. The van der Waals surface area contributed by atoms with Crippen molar-refractivity contribution in [3.8, 4) is 23.1 Å². The molecule has 4 aromatic heterocycles. The number of rotatable bonds is 6. The number of aryl methyl sites for hydroxylation is 2. The molecule has 5 rings (SSSR count). The monoisotopic (exact) mass is 406 g/mol. The normalized spacial score (nSPS) is 14.0. The van der Waals surface area contributed by atoms with Gasteiger partial charge in [0.1, 0.15) is 23.1 Å². The number of nitrogens with zero attached hydrogens (tertiary/aromatic N) is 7. The van der Waals surface area contributed by atoms with Crippen molar-refractivity contribution in [2.45, 2.75) is 25.4 Å². The molecule has 0 atom stereocenters. The van der Waals surface area contributed by atoms with Crippen LogP contribution in [-0.4, -0.2) is 47.7 Å². The molecule has 30 heavy (non-hydrogen) atoms. The Morgan fingerprint density at radius 2 is 2.00 bits per heavy atom. The fraction of sp³-hybridized carbons (Fsp3) is 0.350. The number of aromatic nitrogens is 7. The molecular formula is C20H22N8O2. The van der Waals surface area contributed by atoms with Gasteiger partial charge in [-0.1, -0.05) is 0 Å². The highest BCUT2D eigenvalue weighted by Crippen LogP contribution is 2.33. The van der Waals surface area contributed by atoms with Crippen molar-refractivity contribution in [2.24, 2.45) is 14.1 Å². The first kappa shape index (κ1) is 18.3. The summed E-state index contributed by atoms with van der Waals surface area (Å²) in [4.78, 5) is 13.3. The maximum atomic E-state index is 6.20. The zero-order valence-electron chi connectivity index (χ0n) is 17.0. The van der Waals surface area contributed by atoms with Crippen molar-refractivity contribution in [1.29, 1.82) is 0 Å². The Labute approximate surface area is 172 Å². The summed E-state index contributed by atoms with van der Waals surface area (Å²) < 4.78 is 14.8. The van der Waals surface area contributed by atoms with E-state index in [9.17, 15) is 0 Å². The average Bonchev–Trinajstić information content (AvgIpc) is 3.28. The van der Waals surface area contributed by atoms with Crippen LogP contribution in [0.4, 0.5) is 11.6 Å². The lowest BCUT2D eigenvalue weighted by Crippen LogP contribution is -2.24. The van der Waals surface area contributed by atoms with Gasteiger partial charge in [-0.25, -0.2) is 9.97 Å². The minimum Gasteiger partial charge on any atom is -0.489 e. The Morgan fingerprint density at radius 3 is 2.77 bits per heavy atom. The summed E-state index contributed by atoms with van der Waals surface area (Å²) in [6.07, 6.45) is 7.07. The highest BCUT2D eigenvalue weighted by Gasteiger charge is 2.22. The lowest BCUT2D eigenvalue weighted by atomic mass is 9.96. The van der Waals surface area contributed by atoms with Gasteiger partial charge in [0.25, 0.3) is 0 Å². The molecule has 10 nitrogen and oxygen atoms in total. The van der Waals surface area contributed by atoms with Gasteiger partial charge in [0.05, 0.1) is 24.8 Å². The van der Waals surface area contributed by atoms with E-state index < -0.39 is 0 Å². The van der Waals surface area contributed by atoms with Crippen LogP contribution in [0.5, 0.6) is 11.6 Å². The zero-order valence-corrected chi connectivity index (χ0v) is 17.0. The summed E-state index contributed by atoms with van der Waals surface area (Å²) in [6, 6.07) is 5.48. The standard InChI is InChI=1S/C20H22N8O2/c1-27-17(9-14(26-27)19-21-8-7-18(25-19)29-3)23-16-10-15(30-12-5-4-6-12)13-11-22-28(2)20(13)24-16/h7-12H,4-6H2,1-3H3,(H,23,24). The fourth-order valence-corrected chi connectivity index (χ4v) is 3.32. The Hall–Kier alpha value is -3.69. The highest BCUT2D eigenvalue weighted by molar-refractivity contribution is 5.84. The number of nitrogens with one attached hydrogen (secondary N) is 1. The Morgan fingerprint density at radius 1 is 1.13 bits per heavy atom. The predicted octanol–water partition coefficient (Wildman–Crippen LogP) is 2.84. The number of anilines is 2. The van der Waals surface area contributed by atoms with Crippen LogP contribution in [0.15, 0.2) is 30.6 Å². The molecule has 1 aliphatic carbocycles. The van der Waals surface area contributed by atoms with Gasteiger partial charge in [0.15, 0.2) is 11.5 Å². The molecule has 0 spiro atoms. The smallest absolute Gasteiger partial charge is 0.216 e. The summed E-state index contributed by atoms with van der Waals surface area (Å²) in [6.45, 7) is 0. The second kappa shape index (κ2) is 7.29. The summed E-state index contributed by atoms with van der Waals surface area (Å²) in [5.41, 5.74) is 1.39. The van der Waals surface area contributed by atoms with Gasteiger partial charge in [-0.15, -0.1) is 0 Å². The topological polar surface area (TPSA) is 105 Å². The minimum atomic E-state index is 0.261. The molecule has 154 valence electrons. The van der Waals surface area contributed by atoms with Crippen molar-refractivity contribution in [3.05, 3.63) is 30.6 Å². The van der Waals surface area contributed by atoms with Crippen LogP contribution in [0, 0.1) is 0 Å². The van der Waals surface area contributed by atoms with Crippen LogP contribution in [0.2, 0.25) is 0 Å². The van der Waals surface area contributed by atoms with Gasteiger partial charge in [-0.2, -0.15) is 15.2 Å². The third-order valence-electron chi connectivity index (χ3n) is 5.22. The molecule has 1 N–H and O–H groups in total. The molecule has 0 bridgehead atoms. The summed E-state index contributed by atoms with van der Waals surface area (Å²) in [5.74, 6) is 3.17. The molecule has 0 aliphatic heterocycles. The van der Waals surface area contributed by atoms with E-state index in [1.165, 1.54) is 6.42 Å². The number of hydrogen-bond acceptors (Lipinski definition) is 8. The molecule has 4 heterocycles. The van der Waals surface area contributed by atoms with E-state index in [0.29, 0.717) is 23.2 Å². The number of methoxy groups -OCH3 is 1. The molecule has 0 saturated heterocycles. The van der Waals surface area contributed by atoms with Crippen molar-refractivity contribution in [3.63, 3.8) is 0 Å². The van der Waals surface area contributed by atoms with Crippen LogP contribution < -0.4 is 14.8 Å².